The van der Waals surface area contributed by atoms with Gasteiger partial charge in [0.15, 0.2) is 6.19 Å². The van der Waals surface area contributed by atoms with Crippen LogP contribution in [0.2, 0.25) is 0 Å². The van der Waals surface area contributed by atoms with Crippen molar-refractivity contribution < 1.29 is 0 Å². The average molecular weight is 278 g/mol. The number of nitriles is 1. The largest absolute Gasteiger partial charge is 0.247 e. The molecule has 0 aliphatic carbocycles. The van der Waals surface area contributed by atoms with Gasteiger partial charge in [-0.3, -0.25) is 0 Å². The predicted molar refractivity (Wildman–Crippen MR) is 88.5 cm³/mol. The van der Waals surface area contributed by atoms with Crippen LogP contribution < -0.4 is 4.90 Å². The Morgan fingerprint density at radius 1 is 0.905 bits per heavy atom. The molecule has 2 rings (SSSR count). The molecule has 0 aromatic heterocycles. The van der Waals surface area contributed by atoms with E-state index >= 15 is 0 Å². The van der Waals surface area contributed by atoms with Crippen LogP contribution in [0.25, 0.3) is 0 Å². The molecule has 0 spiro atoms. The minimum absolute atomic E-state index is 0.918. The monoisotopic (exact) mass is 278 g/mol. The van der Waals surface area contributed by atoms with Crippen LogP contribution in [-0.2, 0) is 6.42 Å². The number of hydrogen-bond acceptors (Lipinski definition) is 2. The van der Waals surface area contributed by atoms with E-state index in [4.69, 9.17) is 0 Å². The van der Waals surface area contributed by atoms with Gasteiger partial charge in [-0.15, -0.1) is 0 Å². The van der Waals surface area contributed by atoms with Gasteiger partial charge in [-0.25, -0.2) is 4.90 Å². The van der Waals surface area contributed by atoms with Crippen molar-refractivity contribution in [2.75, 3.05) is 4.90 Å². The van der Waals surface area contributed by atoms with E-state index in [2.05, 4.69) is 25.2 Å². The van der Waals surface area contributed by atoms with Gasteiger partial charge in [0.1, 0.15) is 0 Å². The SMILES string of the molecule is CCCCCCc1ccccc1N(C#N)c1ccccc1. The fraction of sp³-hybridized carbons (Fsp3) is 0.316. The summed E-state index contributed by atoms with van der Waals surface area (Å²) in [5, 5.41) is 9.54. The molecule has 108 valence electrons. The molecule has 21 heavy (non-hydrogen) atoms. The first-order chi connectivity index (χ1) is 10.4. The van der Waals surface area contributed by atoms with E-state index in [1.54, 1.807) is 4.90 Å². The third kappa shape index (κ3) is 4.10. The van der Waals surface area contributed by atoms with Crippen LogP contribution in [0.4, 0.5) is 11.4 Å². The lowest BCUT2D eigenvalue weighted by molar-refractivity contribution is 0.667. The second-order valence-electron chi connectivity index (χ2n) is 5.21. The first kappa shape index (κ1) is 15.1. The Hall–Kier alpha value is -2.27. The van der Waals surface area contributed by atoms with Crippen LogP contribution in [0.1, 0.15) is 38.2 Å². The number of rotatable bonds is 7. The van der Waals surface area contributed by atoms with Crippen molar-refractivity contribution in [3.63, 3.8) is 0 Å². The lowest BCUT2D eigenvalue weighted by Crippen LogP contribution is -2.11. The zero-order valence-electron chi connectivity index (χ0n) is 12.6. The predicted octanol–water partition coefficient (Wildman–Crippen LogP) is 5.43. The normalized spacial score (nSPS) is 10.1. The maximum absolute atomic E-state index is 9.54. The van der Waals surface area contributed by atoms with Gasteiger partial charge in [0.2, 0.25) is 0 Å². The van der Waals surface area contributed by atoms with Crippen molar-refractivity contribution in [3.05, 3.63) is 60.2 Å². The molecular weight excluding hydrogens is 256 g/mol. The van der Waals surface area contributed by atoms with Crippen LogP contribution in [-0.4, -0.2) is 0 Å². The second-order valence-corrected chi connectivity index (χ2v) is 5.21. The second kappa shape index (κ2) is 8.11. The van der Waals surface area contributed by atoms with Gasteiger partial charge in [-0.2, -0.15) is 5.26 Å². The van der Waals surface area contributed by atoms with E-state index in [9.17, 15) is 5.26 Å². The maximum atomic E-state index is 9.54. The summed E-state index contributed by atoms with van der Waals surface area (Å²) in [5.74, 6) is 0. The molecule has 0 saturated heterocycles. The number of aryl methyl sites for hydroxylation is 1. The molecule has 0 bridgehead atoms. The van der Waals surface area contributed by atoms with Gasteiger partial charge in [0.25, 0.3) is 0 Å². The molecule has 0 N–H and O–H groups in total. The van der Waals surface area contributed by atoms with E-state index in [1.807, 2.05) is 42.5 Å². The van der Waals surface area contributed by atoms with Gasteiger partial charge in [-0.1, -0.05) is 62.6 Å². The fourth-order valence-electron chi connectivity index (χ4n) is 2.51. The quantitative estimate of drug-likeness (QED) is 0.383. The minimum Gasteiger partial charge on any atom is -0.247 e. The molecule has 2 aromatic rings. The molecule has 0 unspecified atom stereocenters. The van der Waals surface area contributed by atoms with Crippen molar-refractivity contribution in [3.8, 4) is 6.19 Å². The summed E-state index contributed by atoms with van der Waals surface area (Å²) in [6.07, 6.45) is 8.30. The molecule has 2 nitrogen and oxygen atoms in total. The molecule has 0 atom stereocenters. The highest BCUT2D eigenvalue weighted by Crippen LogP contribution is 2.28. The Balaban J connectivity index is 2.20. The first-order valence-electron chi connectivity index (χ1n) is 7.69. The number of hydrogen-bond donors (Lipinski definition) is 0. The van der Waals surface area contributed by atoms with Gasteiger partial charge in [-0.05, 0) is 36.6 Å². The molecule has 0 aliphatic rings. The highest BCUT2D eigenvalue weighted by atomic mass is 15.1. The fourth-order valence-corrected chi connectivity index (χ4v) is 2.51. The summed E-state index contributed by atoms with van der Waals surface area (Å²) in [5.41, 5.74) is 3.17. The van der Waals surface area contributed by atoms with Crippen LogP contribution in [0.15, 0.2) is 54.6 Å². The molecule has 0 heterocycles. The van der Waals surface area contributed by atoms with Gasteiger partial charge in [0, 0.05) is 0 Å². The third-order valence-electron chi connectivity index (χ3n) is 3.65. The maximum Gasteiger partial charge on any atom is 0.189 e. The summed E-state index contributed by atoms with van der Waals surface area (Å²) < 4.78 is 0. The van der Waals surface area contributed by atoms with E-state index in [0.717, 1.165) is 17.8 Å². The summed E-state index contributed by atoms with van der Waals surface area (Å²) in [6, 6.07) is 18.0. The van der Waals surface area contributed by atoms with Gasteiger partial charge >= 0.3 is 0 Å². The van der Waals surface area contributed by atoms with Crippen molar-refractivity contribution in [2.45, 2.75) is 39.0 Å². The van der Waals surface area contributed by atoms with Crippen LogP contribution in [0.3, 0.4) is 0 Å². The molecule has 0 saturated carbocycles. The molecule has 2 heteroatoms. The van der Waals surface area contributed by atoms with Crippen LogP contribution in [0.5, 0.6) is 0 Å². The molecule has 0 aliphatic heterocycles. The first-order valence-corrected chi connectivity index (χ1v) is 7.69. The Bertz CT molecular complexity index is 584. The van der Waals surface area contributed by atoms with E-state index in [1.165, 1.54) is 31.2 Å². The highest BCUT2D eigenvalue weighted by molar-refractivity contribution is 5.69. The topological polar surface area (TPSA) is 27.0 Å². The van der Waals surface area contributed by atoms with Gasteiger partial charge < -0.3 is 0 Å². The highest BCUT2D eigenvalue weighted by Gasteiger charge is 2.12. The Kier molecular flexibility index (Phi) is 5.84. The summed E-state index contributed by atoms with van der Waals surface area (Å²) in [7, 11) is 0. The van der Waals surface area contributed by atoms with Crippen molar-refractivity contribution in [2.24, 2.45) is 0 Å². The average Bonchev–Trinajstić information content (AvgIpc) is 2.55. The summed E-state index contributed by atoms with van der Waals surface area (Å²) >= 11 is 0. The lowest BCUT2D eigenvalue weighted by Gasteiger charge is -2.19. The van der Waals surface area contributed by atoms with Crippen molar-refractivity contribution in [1.82, 2.24) is 0 Å². The van der Waals surface area contributed by atoms with Crippen LogP contribution >= 0.6 is 0 Å². The molecule has 0 amide bonds. The zero-order chi connectivity index (χ0) is 14.9. The number of anilines is 2. The number of para-hydroxylation sites is 2. The Morgan fingerprint density at radius 2 is 1.62 bits per heavy atom. The van der Waals surface area contributed by atoms with E-state index in [-0.39, 0.29) is 0 Å². The Labute approximate surface area is 127 Å². The van der Waals surface area contributed by atoms with E-state index < -0.39 is 0 Å². The van der Waals surface area contributed by atoms with Crippen molar-refractivity contribution in [1.29, 1.82) is 5.26 Å². The minimum atomic E-state index is 0.918. The van der Waals surface area contributed by atoms with Gasteiger partial charge in [0.05, 0.1) is 11.4 Å². The van der Waals surface area contributed by atoms with Crippen molar-refractivity contribution >= 4 is 11.4 Å². The molecule has 0 radical (unpaired) electrons. The third-order valence-corrected chi connectivity index (χ3v) is 3.65. The standard InChI is InChI=1S/C19H22N2/c1-2-3-4-6-11-17-12-9-10-15-19(17)21(16-20)18-13-7-5-8-14-18/h5,7-10,12-15H,2-4,6,11H2,1H3. The number of unbranched alkanes of at least 4 members (excludes halogenated alkanes) is 3. The molecular formula is C19H22N2. The summed E-state index contributed by atoms with van der Waals surface area (Å²) in [6.45, 7) is 2.22. The van der Waals surface area contributed by atoms with E-state index in [0.29, 0.717) is 0 Å². The van der Waals surface area contributed by atoms with Crippen LogP contribution in [0, 0.1) is 11.5 Å². The number of benzene rings is 2. The molecule has 2 aromatic carbocycles. The smallest absolute Gasteiger partial charge is 0.189 e. The zero-order valence-corrected chi connectivity index (χ0v) is 12.6. The lowest BCUT2D eigenvalue weighted by atomic mass is 10.0. The number of nitrogens with zero attached hydrogens (tertiary/aromatic N) is 2. The summed E-state index contributed by atoms with van der Waals surface area (Å²) in [4.78, 5) is 1.72. The Morgan fingerprint density at radius 3 is 2.33 bits per heavy atom. The molecule has 0 fully saturated rings.